The zero-order valence-corrected chi connectivity index (χ0v) is 19.5. The summed E-state index contributed by atoms with van der Waals surface area (Å²) in [4.78, 5) is 4.66. The fourth-order valence-corrected chi connectivity index (χ4v) is 5.51. The van der Waals surface area contributed by atoms with Gasteiger partial charge in [0.05, 0.1) is 6.61 Å². The summed E-state index contributed by atoms with van der Waals surface area (Å²) in [5.74, 6) is 0.733. The van der Waals surface area contributed by atoms with Crippen LogP contribution in [0.25, 0.3) is 11.5 Å². The molecule has 0 amide bonds. The molecule has 0 saturated heterocycles. The lowest BCUT2D eigenvalue weighted by molar-refractivity contribution is 0.347. The molecule has 0 spiro atoms. The van der Waals surface area contributed by atoms with Gasteiger partial charge in [0.25, 0.3) is 7.37 Å². The summed E-state index contributed by atoms with van der Waals surface area (Å²) in [7, 11) is -3.47. The molecule has 0 radical (unpaired) electrons. The summed E-state index contributed by atoms with van der Waals surface area (Å²) in [6.45, 7) is 2.61. The summed E-state index contributed by atoms with van der Waals surface area (Å²) in [5.41, 5.74) is 2.14. The molecule has 4 rings (SSSR count). The van der Waals surface area contributed by atoms with Gasteiger partial charge in [-0.05, 0) is 48.9 Å². The highest BCUT2D eigenvalue weighted by Gasteiger charge is 2.36. The van der Waals surface area contributed by atoms with Crippen LogP contribution in [0.2, 0.25) is 0 Å². The molecule has 0 fully saturated rings. The van der Waals surface area contributed by atoms with Gasteiger partial charge in [-0.1, -0.05) is 64.5 Å². The van der Waals surface area contributed by atoms with E-state index in [9.17, 15) is 4.57 Å². The van der Waals surface area contributed by atoms with Crippen molar-refractivity contribution in [1.29, 1.82) is 0 Å². The zero-order valence-electron chi connectivity index (χ0n) is 17.0. The van der Waals surface area contributed by atoms with Gasteiger partial charge in [0, 0.05) is 21.9 Å². The van der Waals surface area contributed by atoms with Gasteiger partial charge < -0.3 is 14.3 Å². The van der Waals surface area contributed by atoms with E-state index < -0.39 is 7.37 Å². The van der Waals surface area contributed by atoms with Crippen molar-refractivity contribution in [3.63, 3.8) is 0 Å². The van der Waals surface area contributed by atoms with E-state index in [4.69, 9.17) is 8.94 Å². The molecule has 1 unspecified atom stereocenters. The van der Waals surface area contributed by atoms with Crippen LogP contribution in [0.5, 0.6) is 0 Å². The van der Waals surface area contributed by atoms with Gasteiger partial charge in [0.1, 0.15) is 0 Å². The van der Waals surface area contributed by atoms with Crippen molar-refractivity contribution in [3.8, 4) is 11.5 Å². The minimum atomic E-state index is -3.47. The van der Waals surface area contributed by atoms with Crippen molar-refractivity contribution < 1.29 is 13.5 Å². The highest BCUT2D eigenvalue weighted by Crippen LogP contribution is 2.47. The number of aromatic nitrogens is 1. The van der Waals surface area contributed by atoms with E-state index in [1.165, 1.54) is 0 Å². The van der Waals surface area contributed by atoms with Crippen LogP contribution in [-0.2, 0) is 15.6 Å². The average molecular weight is 497 g/mol. The number of oxazole rings is 1. The Kier molecular flexibility index (Phi) is 6.71. The van der Waals surface area contributed by atoms with Crippen LogP contribution in [0.1, 0.15) is 12.5 Å². The Morgan fingerprint density at radius 3 is 2.26 bits per heavy atom. The molecular formula is C24H22BrN2O3P. The molecule has 3 aromatic carbocycles. The minimum Gasteiger partial charge on any atom is -0.420 e. The zero-order chi connectivity index (χ0) is 21.7. The molecule has 4 aromatic rings. The molecule has 1 N–H and O–H groups in total. The van der Waals surface area contributed by atoms with Gasteiger partial charge in [0.2, 0.25) is 11.8 Å². The van der Waals surface area contributed by atoms with Crippen LogP contribution in [-0.4, -0.2) is 11.6 Å². The first kappa shape index (κ1) is 21.6. The van der Waals surface area contributed by atoms with E-state index in [2.05, 4.69) is 26.2 Å². The van der Waals surface area contributed by atoms with Crippen molar-refractivity contribution in [1.82, 2.24) is 4.98 Å². The number of hydrogen-bond acceptors (Lipinski definition) is 5. The predicted octanol–water partition coefficient (Wildman–Crippen LogP) is 5.98. The van der Waals surface area contributed by atoms with E-state index in [1.54, 1.807) is 12.1 Å². The van der Waals surface area contributed by atoms with Gasteiger partial charge in [0.15, 0.2) is 5.44 Å². The van der Waals surface area contributed by atoms with Crippen molar-refractivity contribution in [3.05, 3.63) is 95.0 Å². The summed E-state index contributed by atoms with van der Waals surface area (Å²) < 4.78 is 27.0. The Bertz CT molecular complexity index is 1180. The average Bonchev–Trinajstić information content (AvgIpc) is 3.24. The minimum absolute atomic E-state index is 0.283. The van der Waals surface area contributed by atoms with Gasteiger partial charge in [-0.25, -0.2) is 4.98 Å². The normalized spacial score (nSPS) is 13.0. The van der Waals surface area contributed by atoms with E-state index in [0.29, 0.717) is 23.6 Å². The fraction of sp³-hybridized carbons (Fsp3) is 0.125. The highest BCUT2D eigenvalue weighted by molar-refractivity contribution is 9.10. The first-order chi connectivity index (χ1) is 15.1. The van der Waals surface area contributed by atoms with Crippen molar-refractivity contribution in [2.24, 2.45) is 0 Å². The van der Waals surface area contributed by atoms with E-state index >= 15 is 0 Å². The molecule has 31 heavy (non-hydrogen) atoms. The van der Waals surface area contributed by atoms with Crippen LogP contribution in [0.3, 0.4) is 0 Å². The number of halogens is 1. The molecule has 0 aliphatic rings. The molecular weight excluding hydrogens is 475 g/mol. The van der Waals surface area contributed by atoms with Crippen LogP contribution < -0.4 is 16.1 Å². The van der Waals surface area contributed by atoms with Crippen molar-refractivity contribution in [2.45, 2.75) is 13.5 Å². The lowest BCUT2D eigenvalue weighted by atomic mass is 10.2. The highest BCUT2D eigenvalue weighted by atomic mass is 79.9. The second-order valence-corrected chi connectivity index (χ2v) is 10.0. The molecule has 0 aliphatic carbocycles. The number of rotatable bonds is 8. The Labute approximate surface area is 190 Å². The molecule has 5 nitrogen and oxygen atoms in total. The molecule has 0 bridgehead atoms. The van der Waals surface area contributed by atoms with E-state index in [0.717, 1.165) is 15.6 Å². The monoisotopic (exact) mass is 496 g/mol. The van der Waals surface area contributed by atoms with Gasteiger partial charge in [-0.2, -0.15) is 0 Å². The lowest BCUT2D eigenvalue weighted by Crippen LogP contribution is -2.22. The van der Waals surface area contributed by atoms with Crippen LogP contribution in [0, 0.1) is 0 Å². The number of nitrogens with zero attached hydrogens (tertiary/aromatic N) is 1. The Balaban J connectivity index is 1.79. The summed E-state index contributed by atoms with van der Waals surface area (Å²) in [6.07, 6.45) is 0. The van der Waals surface area contributed by atoms with E-state index in [1.807, 2.05) is 79.7 Å². The molecule has 1 atom stereocenters. The van der Waals surface area contributed by atoms with Crippen LogP contribution >= 0.6 is 23.3 Å². The van der Waals surface area contributed by atoms with Gasteiger partial charge in [-0.3, -0.25) is 4.57 Å². The van der Waals surface area contributed by atoms with Crippen LogP contribution in [0.15, 0.2) is 93.8 Å². The van der Waals surface area contributed by atoms with E-state index in [-0.39, 0.29) is 12.0 Å². The quantitative estimate of drug-likeness (QED) is 0.304. The third kappa shape index (κ3) is 4.82. The summed E-state index contributed by atoms with van der Waals surface area (Å²) >= 11 is 3.44. The van der Waals surface area contributed by atoms with Crippen molar-refractivity contribution >= 4 is 39.9 Å². The maximum absolute atomic E-state index is 14.2. The molecule has 0 saturated carbocycles. The molecule has 1 aromatic heterocycles. The third-order valence-electron chi connectivity index (χ3n) is 4.68. The maximum atomic E-state index is 14.2. The molecule has 158 valence electrons. The standard InChI is InChI=1S/C24H22BrN2O3P/c1-2-29-31(28,21-11-7-4-8-12-21)24-23(26-17-18-9-5-3-6-10-18)30-22(27-24)19-13-15-20(25)16-14-19/h3-16,26H,2,17H2,1H3. The lowest BCUT2D eigenvalue weighted by Gasteiger charge is -2.17. The number of anilines is 1. The van der Waals surface area contributed by atoms with Crippen LogP contribution in [0.4, 0.5) is 5.88 Å². The Morgan fingerprint density at radius 1 is 0.968 bits per heavy atom. The predicted molar refractivity (Wildman–Crippen MR) is 128 cm³/mol. The maximum Gasteiger partial charge on any atom is 0.284 e. The second-order valence-electron chi connectivity index (χ2n) is 6.82. The van der Waals surface area contributed by atoms with Gasteiger partial charge in [-0.15, -0.1) is 0 Å². The Hall–Kier alpha value is -2.66. The summed E-state index contributed by atoms with van der Waals surface area (Å²) in [6, 6.07) is 26.7. The molecule has 0 aliphatic heterocycles. The number of nitrogens with one attached hydrogen (secondary N) is 1. The first-order valence-electron chi connectivity index (χ1n) is 9.95. The van der Waals surface area contributed by atoms with Crippen molar-refractivity contribution in [2.75, 3.05) is 11.9 Å². The fourth-order valence-electron chi connectivity index (χ4n) is 3.18. The van der Waals surface area contributed by atoms with Gasteiger partial charge >= 0.3 is 0 Å². The summed E-state index contributed by atoms with van der Waals surface area (Å²) in [5, 5.41) is 3.85. The second kappa shape index (κ2) is 9.65. The Morgan fingerprint density at radius 2 is 1.61 bits per heavy atom. The third-order valence-corrected chi connectivity index (χ3v) is 7.67. The number of hydrogen-bond donors (Lipinski definition) is 1. The molecule has 1 heterocycles. The number of benzene rings is 3. The SMILES string of the molecule is CCOP(=O)(c1ccccc1)c1nc(-c2ccc(Br)cc2)oc1NCc1ccccc1. The first-order valence-corrected chi connectivity index (χ1v) is 12.4. The largest absolute Gasteiger partial charge is 0.420 e. The topological polar surface area (TPSA) is 64.4 Å². The molecule has 7 heteroatoms. The smallest absolute Gasteiger partial charge is 0.284 e.